The summed E-state index contributed by atoms with van der Waals surface area (Å²) in [6.07, 6.45) is 0.858. The first-order valence-corrected chi connectivity index (χ1v) is 12.6. The highest BCUT2D eigenvalue weighted by Gasteiger charge is 2.46. The highest BCUT2D eigenvalue weighted by atomic mass is 16.6. The van der Waals surface area contributed by atoms with E-state index in [-0.39, 0.29) is 11.3 Å². The van der Waals surface area contributed by atoms with Crippen molar-refractivity contribution in [2.75, 3.05) is 46.0 Å². The number of aliphatic hydroxyl groups excluding tert-OH is 1. The first-order valence-electron chi connectivity index (χ1n) is 12.6. The molecule has 1 saturated heterocycles. The smallest absolute Gasteiger partial charge is 0.295 e. The van der Waals surface area contributed by atoms with Crippen molar-refractivity contribution in [3.63, 3.8) is 0 Å². The standard InChI is InChI=1S/C28H34N2O6/c1-4-14-34-21-9-7-8-19(17-21)25-24(27(32)28(33)30(25)13-12-29(5-2)6-3)26(31)20-10-11-22-23(18-20)36-16-15-35-22/h7-11,17-18,25,31H,4-6,12-16H2,1-3H3/b26-24+. The molecule has 8 nitrogen and oxygen atoms in total. The van der Waals surface area contributed by atoms with E-state index < -0.39 is 17.7 Å². The lowest BCUT2D eigenvalue weighted by molar-refractivity contribution is -0.140. The molecule has 2 aromatic rings. The fourth-order valence-electron chi connectivity index (χ4n) is 4.59. The van der Waals surface area contributed by atoms with E-state index in [1.165, 1.54) is 0 Å². The van der Waals surface area contributed by atoms with Crippen LogP contribution in [0.3, 0.4) is 0 Å². The summed E-state index contributed by atoms with van der Waals surface area (Å²) in [6.45, 7) is 10.2. The summed E-state index contributed by atoms with van der Waals surface area (Å²) in [5.41, 5.74) is 1.16. The van der Waals surface area contributed by atoms with E-state index in [0.29, 0.717) is 61.3 Å². The van der Waals surface area contributed by atoms with Crippen LogP contribution in [-0.4, -0.2) is 72.6 Å². The molecule has 36 heavy (non-hydrogen) atoms. The monoisotopic (exact) mass is 494 g/mol. The Balaban J connectivity index is 1.78. The van der Waals surface area contributed by atoms with E-state index >= 15 is 0 Å². The van der Waals surface area contributed by atoms with Gasteiger partial charge in [-0.2, -0.15) is 0 Å². The van der Waals surface area contributed by atoms with Crippen LogP contribution in [0.5, 0.6) is 17.2 Å². The Morgan fingerprint density at radius 1 is 1.06 bits per heavy atom. The van der Waals surface area contributed by atoms with Crippen LogP contribution in [0.2, 0.25) is 0 Å². The fraction of sp³-hybridized carbons (Fsp3) is 0.429. The Bertz CT molecular complexity index is 1140. The number of carbonyl (C=O) groups excluding carboxylic acids is 2. The van der Waals surface area contributed by atoms with E-state index in [9.17, 15) is 14.7 Å². The molecule has 2 aliphatic heterocycles. The van der Waals surface area contributed by atoms with Crippen molar-refractivity contribution in [2.24, 2.45) is 0 Å². The molecule has 0 spiro atoms. The second-order valence-electron chi connectivity index (χ2n) is 8.80. The van der Waals surface area contributed by atoms with Gasteiger partial charge in [-0.15, -0.1) is 0 Å². The number of fused-ring (bicyclic) bond motifs is 1. The third kappa shape index (κ3) is 5.18. The predicted octanol–water partition coefficient (Wildman–Crippen LogP) is 4.01. The number of likely N-dealkylation sites (N-methyl/N-ethyl adjacent to an activating group) is 1. The van der Waals surface area contributed by atoms with Crippen LogP contribution in [0.25, 0.3) is 5.76 Å². The number of likely N-dealkylation sites (tertiary alicyclic amines) is 1. The van der Waals surface area contributed by atoms with Crippen LogP contribution in [-0.2, 0) is 9.59 Å². The summed E-state index contributed by atoms with van der Waals surface area (Å²) in [7, 11) is 0. The Labute approximate surface area is 212 Å². The number of nitrogens with zero attached hydrogens (tertiary/aromatic N) is 2. The van der Waals surface area contributed by atoms with Gasteiger partial charge in [0.05, 0.1) is 18.2 Å². The molecular formula is C28H34N2O6. The van der Waals surface area contributed by atoms with Crippen LogP contribution < -0.4 is 14.2 Å². The molecule has 0 aliphatic carbocycles. The van der Waals surface area contributed by atoms with E-state index in [4.69, 9.17) is 14.2 Å². The lowest BCUT2D eigenvalue weighted by Gasteiger charge is -2.28. The third-order valence-electron chi connectivity index (χ3n) is 6.55. The SMILES string of the molecule is CCCOc1cccc(C2/C(=C(\O)c3ccc4c(c3)OCCO4)C(=O)C(=O)N2CCN(CC)CC)c1. The highest BCUT2D eigenvalue weighted by Crippen LogP contribution is 2.41. The van der Waals surface area contributed by atoms with Crippen molar-refractivity contribution >= 4 is 17.4 Å². The summed E-state index contributed by atoms with van der Waals surface area (Å²) < 4.78 is 17.1. The largest absolute Gasteiger partial charge is 0.507 e. The molecule has 8 heteroatoms. The van der Waals surface area contributed by atoms with Crippen molar-refractivity contribution in [3.8, 4) is 17.2 Å². The maximum atomic E-state index is 13.3. The molecule has 0 saturated carbocycles. The molecule has 2 aliphatic rings. The lowest BCUT2D eigenvalue weighted by Crippen LogP contribution is -2.38. The summed E-state index contributed by atoms with van der Waals surface area (Å²) in [5.74, 6) is 0.170. The number of amides is 1. The summed E-state index contributed by atoms with van der Waals surface area (Å²) in [6, 6.07) is 11.7. The van der Waals surface area contributed by atoms with Crippen LogP contribution >= 0.6 is 0 Å². The molecular weight excluding hydrogens is 460 g/mol. The Morgan fingerprint density at radius 2 is 1.81 bits per heavy atom. The zero-order valence-corrected chi connectivity index (χ0v) is 21.2. The maximum Gasteiger partial charge on any atom is 0.295 e. The number of ether oxygens (including phenoxy) is 3. The average Bonchev–Trinajstić information content (AvgIpc) is 3.17. The Morgan fingerprint density at radius 3 is 2.53 bits per heavy atom. The predicted molar refractivity (Wildman–Crippen MR) is 136 cm³/mol. The first-order chi connectivity index (χ1) is 17.5. The number of benzene rings is 2. The van der Waals surface area contributed by atoms with Crippen molar-refractivity contribution in [1.82, 2.24) is 9.80 Å². The molecule has 192 valence electrons. The minimum atomic E-state index is -0.737. The van der Waals surface area contributed by atoms with Gasteiger partial charge in [0.1, 0.15) is 24.7 Å². The van der Waals surface area contributed by atoms with Gasteiger partial charge in [0.2, 0.25) is 0 Å². The van der Waals surface area contributed by atoms with E-state index in [0.717, 1.165) is 19.5 Å². The quantitative estimate of drug-likeness (QED) is 0.303. The topological polar surface area (TPSA) is 88.5 Å². The zero-order valence-electron chi connectivity index (χ0n) is 21.2. The van der Waals surface area contributed by atoms with Gasteiger partial charge >= 0.3 is 0 Å². The number of Topliss-reactive ketones (excluding diaryl/α,β-unsaturated/α-hetero) is 1. The average molecular weight is 495 g/mol. The summed E-state index contributed by atoms with van der Waals surface area (Å²) in [4.78, 5) is 30.3. The van der Waals surface area contributed by atoms with Gasteiger partial charge in [0, 0.05) is 18.7 Å². The second-order valence-corrected chi connectivity index (χ2v) is 8.80. The van der Waals surface area contributed by atoms with Crippen LogP contribution in [0, 0.1) is 0 Å². The molecule has 1 atom stereocenters. The van der Waals surface area contributed by atoms with Crippen molar-refractivity contribution in [3.05, 3.63) is 59.2 Å². The molecule has 2 heterocycles. The van der Waals surface area contributed by atoms with Gasteiger partial charge in [0.25, 0.3) is 11.7 Å². The van der Waals surface area contributed by atoms with Crippen LogP contribution in [0.1, 0.15) is 44.4 Å². The van der Waals surface area contributed by atoms with Crippen molar-refractivity contribution in [1.29, 1.82) is 0 Å². The fourth-order valence-corrected chi connectivity index (χ4v) is 4.59. The Kier molecular flexibility index (Phi) is 8.15. The number of carbonyl (C=O) groups is 2. The van der Waals surface area contributed by atoms with E-state index in [1.54, 1.807) is 23.1 Å². The lowest BCUT2D eigenvalue weighted by atomic mass is 9.95. The van der Waals surface area contributed by atoms with Crippen LogP contribution in [0.4, 0.5) is 0 Å². The first kappa shape index (κ1) is 25.6. The van der Waals surface area contributed by atoms with Gasteiger partial charge < -0.3 is 29.1 Å². The molecule has 0 aromatic heterocycles. The van der Waals surface area contributed by atoms with E-state index in [2.05, 4.69) is 18.7 Å². The molecule has 2 aromatic carbocycles. The normalized spacial score (nSPS) is 18.7. The molecule has 4 rings (SSSR count). The molecule has 1 amide bonds. The van der Waals surface area contributed by atoms with Gasteiger partial charge in [-0.05, 0) is 55.4 Å². The summed E-state index contributed by atoms with van der Waals surface area (Å²) >= 11 is 0. The minimum Gasteiger partial charge on any atom is -0.507 e. The number of rotatable bonds is 10. The summed E-state index contributed by atoms with van der Waals surface area (Å²) in [5, 5.41) is 11.4. The number of ketones is 1. The molecule has 1 unspecified atom stereocenters. The van der Waals surface area contributed by atoms with Crippen molar-refractivity contribution in [2.45, 2.75) is 33.2 Å². The molecule has 1 N–H and O–H groups in total. The number of hydrogen-bond acceptors (Lipinski definition) is 7. The zero-order chi connectivity index (χ0) is 25.7. The third-order valence-corrected chi connectivity index (χ3v) is 6.55. The highest BCUT2D eigenvalue weighted by molar-refractivity contribution is 6.46. The van der Waals surface area contributed by atoms with Gasteiger partial charge in [-0.3, -0.25) is 9.59 Å². The molecule has 0 bridgehead atoms. The van der Waals surface area contributed by atoms with E-state index in [1.807, 2.05) is 31.2 Å². The van der Waals surface area contributed by atoms with Crippen molar-refractivity contribution < 1.29 is 28.9 Å². The minimum absolute atomic E-state index is 0.0591. The van der Waals surface area contributed by atoms with Gasteiger partial charge in [0.15, 0.2) is 11.5 Å². The maximum absolute atomic E-state index is 13.3. The Hall–Kier alpha value is -3.52. The number of aliphatic hydroxyl groups is 1. The van der Waals surface area contributed by atoms with Gasteiger partial charge in [-0.1, -0.05) is 32.9 Å². The second kappa shape index (κ2) is 11.5. The van der Waals surface area contributed by atoms with Crippen LogP contribution in [0.15, 0.2) is 48.0 Å². The molecule has 1 fully saturated rings. The van der Waals surface area contributed by atoms with Gasteiger partial charge in [-0.25, -0.2) is 0 Å². The number of hydrogen-bond donors (Lipinski definition) is 1. The molecule has 0 radical (unpaired) electrons.